The van der Waals surface area contributed by atoms with Gasteiger partial charge in [0.05, 0.1) is 13.1 Å². The van der Waals surface area contributed by atoms with E-state index in [0.717, 1.165) is 18.2 Å². The van der Waals surface area contributed by atoms with Crippen LogP contribution in [-0.4, -0.2) is 51.4 Å². The topological polar surface area (TPSA) is 42.9 Å². The Morgan fingerprint density at radius 3 is 1.50 bits per heavy atom. The number of rotatable bonds is 2. The minimum absolute atomic E-state index is 0.115. The molecule has 0 saturated carbocycles. The first kappa shape index (κ1) is 18.0. The summed E-state index contributed by atoms with van der Waals surface area (Å²) in [7, 11) is -2.75. The van der Waals surface area contributed by atoms with Crippen LogP contribution in [0.25, 0.3) is 5.53 Å². The fourth-order valence-electron chi connectivity index (χ4n) is 2.65. The van der Waals surface area contributed by atoms with E-state index in [1.54, 1.807) is 0 Å². The monoisotopic (exact) mass is 315 g/mol. The summed E-state index contributed by atoms with van der Waals surface area (Å²) in [6, 6.07) is 0. The Morgan fingerprint density at radius 2 is 1.30 bits per heavy atom. The summed E-state index contributed by atoms with van der Waals surface area (Å²) in [4.78, 5) is 3.81. The highest BCUT2D eigenvalue weighted by Gasteiger charge is 2.59. The zero-order valence-corrected chi connectivity index (χ0v) is 16.7. The molecule has 1 rings (SSSR count). The second-order valence-corrected chi connectivity index (χ2v) is 16.3. The minimum Gasteiger partial charge on any atom is -0.358 e. The van der Waals surface area contributed by atoms with Crippen LogP contribution < -0.4 is 0 Å². The molecule has 0 bridgehead atoms. The van der Waals surface area contributed by atoms with Gasteiger partial charge in [0.1, 0.15) is 0 Å². The Hall–Kier alpha value is -0.0531. The molecule has 0 radical (unpaired) electrons. The highest BCUT2D eigenvalue weighted by Crippen LogP contribution is 2.57. The van der Waals surface area contributed by atoms with E-state index in [9.17, 15) is 5.53 Å². The fourth-order valence-corrected chi connectivity index (χ4v) is 9.23. The van der Waals surface area contributed by atoms with E-state index >= 15 is 0 Å². The Kier molecular flexibility index (Phi) is 5.06. The molecule has 116 valence electrons. The first-order valence-corrected chi connectivity index (χ1v) is 12.3. The maximum atomic E-state index is 9.68. The van der Waals surface area contributed by atoms with Crippen molar-refractivity contribution in [3.63, 3.8) is 0 Å². The van der Waals surface area contributed by atoms with E-state index in [1.807, 2.05) is 0 Å². The lowest BCUT2D eigenvalue weighted by atomic mass is 10.1. The van der Waals surface area contributed by atoms with Gasteiger partial charge in [-0.25, -0.2) is 0 Å². The molecule has 0 aromatic rings. The molecule has 0 aromatic heterocycles. The van der Waals surface area contributed by atoms with Crippen LogP contribution in [-0.2, 0) is 0 Å². The van der Waals surface area contributed by atoms with Crippen LogP contribution in [0.5, 0.6) is 0 Å². The van der Waals surface area contributed by atoms with Crippen molar-refractivity contribution in [2.75, 3.05) is 13.1 Å². The Bertz CT molecular complexity index is 388. The quantitative estimate of drug-likeness (QED) is 0.256. The molecule has 0 aromatic carbocycles. The van der Waals surface area contributed by atoms with Crippen molar-refractivity contribution in [1.82, 2.24) is 9.34 Å². The van der Waals surface area contributed by atoms with Gasteiger partial charge in [-0.05, 0) is 41.5 Å². The molecule has 20 heavy (non-hydrogen) atoms. The zero-order chi connectivity index (χ0) is 15.9. The molecule has 1 aliphatic heterocycles. The maximum absolute atomic E-state index is 9.68. The molecule has 6 heteroatoms. The Labute approximate surface area is 127 Å². The van der Waals surface area contributed by atoms with E-state index in [-0.39, 0.29) is 11.1 Å². The SMILES string of the molecule is CC(C)(C)N1CCN(C(C)(C)C)[PH+]1C(=[N+]=[N-])[Si](C)(C)C. The van der Waals surface area contributed by atoms with Gasteiger partial charge in [0.15, 0.2) is 0 Å². The van der Waals surface area contributed by atoms with Gasteiger partial charge in [0.2, 0.25) is 16.3 Å². The van der Waals surface area contributed by atoms with Gasteiger partial charge < -0.3 is 5.53 Å². The molecule has 0 amide bonds. The second-order valence-electron chi connectivity index (χ2n) is 8.67. The van der Waals surface area contributed by atoms with Crippen LogP contribution >= 0.6 is 8.22 Å². The van der Waals surface area contributed by atoms with Crippen LogP contribution in [0.4, 0.5) is 0 Å². The maximum Gasteiger partial charge on any atom is 0.383 e. The molecular weight excluding hydrogens is 283 g/mol. The van der Waals surface area contributed by atoms with Crippen LogP contribution in [0.15, 0.2) is 0 Å². The first-order chi connectivity index (χ1) is 8.80. The summed E-state index contributed by atoms with van der Waals surface area (Å²) >= 11 is 0. The first-order valence-electron chi connectivity index (χ1n) is 7.45. The van der Waals surface area contributed by atoms with Crippen LogP contribution in [0.3, 0.4) is 0 Å². The molecule has 0 unspecified atom stereocenters. The number of hydrogen-bond acceptors (Lipinski definition) is 2. The van der Waals surface area contributed by atoms with Gasteiger partial charge in [0.25, 0.3) is 0 Å². The average Bonchev–Trinajstić information content (AvgIpc) is 2.59. The van der Waals surface area contributed by atoms with Crippen LogP contribution in [0.2, 0.25) is 19.6 Å². The summed E-state index contributed by atoms with van der Waals surface area (Å²) < 4.78 is 5.16. The van der Waals surface area contributed by atoms with Gasteiger partial charge in [-0.3, -0.25) is 0 Å². The van der Waals surface area contributed by atoms with Gasteiger partial charge in [-0.2, -0.15) is 0 Å². The van der Waals surface area contributed by atoms with E-state index in [2.05, 4.69) is 75.3 Å². The molecule has 1 fully saturated rings. The van der Waals surface area contributed by atoms with Gasteiger partial charge in [-0.1, -0.05) is 19.6 Å². The summed E-state index contributed by atoms with van der Waals surface area (Å²) in [6.07, 6.45) is 0. The number of hydrogen-bond donors (Lipinski definition) is 0. The molecule has 0 atom stereocenters. The van der Waals surface area contributed by atoms with E-state index in [0.29, 0.717) is 0 Å². The minimum atomic E-state index is -1.63. The second kappa shape index (κ2) is 5.62. The van der Waals surface area contributed by atoms with Crippen LogP contribution in [0.1, 0.15) is 41.5 Å². The highest BCUT2D eigenvalue weighted by atomic mass is 31.1. The summed E-state index contributed by atoms with van der Waals surface area (Å²) in [5, 5.41) is 1.09. The molecule has 0 N–H and O–H groups in total. The average molecular weight is 315 g/mol. The third-order valence-corrected chi connectivity index (χ3v) is 11.5. The lowest BCUT2D eigenvalue weighted by molar-refractivity contribution is 0.00227. The van der Waals surface area contributed by atoms with Crippen molar-refractivity contribution >= 4 is 21.4 Å². The lowest BCUT2D eigenvalue weighted by Gasteiger charge is -2.35. The molecular formula is C14H32N4PSi+. The van der Waals surface area contributed by atoms with E-state index < -0.39 is 16.3 Å². The van der Waals surface area contributed by atoms with Crippen molar-refractivity contribution < 1.29 is 4.79 Å². The molecule has 0 spiro atoms. The van der Waals surface area contributed by atoms with E-state index in [4.69, 9.17) is 0 Å². The van der Waals surface area contributed by atoms with Crippen molar-refractivity contribution in [2.45, 2.75) is 72.3 Å². The third-order valence-electron chi connectivity index (χ3n) is 3.70. The van der Waals surface area contributed by atoms with Crippen molar-refractivity contribution in [3.05, 3.63) is 5.53 Å². The van der Waals surface area contributed by atoms with Crippen molar-refractivity contribution in [1.29, 1.82) is 0 Å². The predicted octanol–water partition coefficient (Wildman–Crippen LogP) is 3.75. The Balaban J connectivity index is 3.33. The molecule has 1 aliphatic rings. The fraction of sp³-hybridized carbons (Fsp3) is 0.929. The standard InChI is InChI=1S/C14H31N4PSi/c1-13(2,3)17-10-11-18(14(4,5)6)19(17)12(16-15)20(7,8)9/h10-11H2,1-9H3/p+1. The smallest absolute Gasteiger partial charge is 0.358 e. The van der Waals surface area contributed by atoms with Gasteiger partial charge >= 0.3 is 5.08 Å². The lowest BCUT2D eigenvalue weighted by Crippen LogP contribution is -2.46. The van der Waals surface area contributed by atoms with Crippen molar-refractivity contribution in [3.8, 4) is 0 Å². The third kappa shape index (κ3) is 3.78. The zero-order valence-electron chi connectivity index (χ0n) is 14.7. The molecule has 1 heterocycles. The normalized spacial score (nSPS) is 20.2. The van der Waals surface area contributed by atoms with Gasteiger partial charge in [0, 0.05) is 11.1 Å². The molecule has 0 aliphatic carbocycles. The molecule has 1 saturated heterocycles. The van der Waals surface area contributed by atoms with E-state index in [1.165, 1.54) is 0 Å². The predicted molar refractivity (Wildman–Crippen MR) is 93.2 cm³/mol. The van der Waals surface area contributed by atoms with Crippen molar-refractivity contribution in [2.24, 2.45) is 0 Å². The molecule has 4 nitrogen and oxygen atoms in total. The summed E-state index contributed by atoms with van der Waals surface area (Å²) in [5.74, 6) is 0. The highest BCUT2D eigenvalue weighted by molar-refractivity contribution is 7.78. The number of nitrogens with zero attached hydrogens (tertiary/aromatic N) is 4. The Morgan fingerprint density at radius 1 is 0.950 bits per heavy atom. The summed E-state index contributed by atoms with van der Waals surface area (Å²) in [6.45, 7) is 22.6. The largest absolute Gasteiger partial charge is 0.383 e. The van der Waals surface area contributed by atoms with Gasteiger partial charge in [-0.15, -0.1) is 14.1 Å². The summed E-state index contributed by atoms with van der Waals surface area (Å²) in [5.41, 5.74) is 9.91. The van der Waals surface area contributed by atoms with Crippen LogP contribution in [0, 0.1) is 0 Å².